The number of nitrogens with zero attached hydrogens (tertiary/aromatic N) is 1. The van der Waals surface area contributed by atoms with Gasteiger partial charge in [-0.05, 0) is 30.3 Å². The number of hydrogen-bond acceptors (Lipinski definition) is 5. The third-order valence-electron chi connectivity index (χ3n) is 3.05. The number of nitrogens with one attached hydrogen (secondary N) is 2. The van der Waals surface area contributed by atoms with Crippen molar-refractivity contribution in [3.8, 4) is 11.5 Å². The van der Waals surface area contributed by atoms with Gasteiger partial charge in [0.05, 0.1) is 6.61 Å². The minimum atomic E-state index is -0.126. The van der Waals surface area contributed by atoms with Gasteiger partial charge in [-0.15, -0.1) is 0 Å². The molecule has 1 aromatic carbocycles. The molecule has 0 aliphatic heterocycles. The summed E-state index contributed by atoms with van der Waals surface area (Å²) >= 11 is 0. The summed E-state index contributed by atoms with van der Waals surface area (Å²) in [5.41, 5.74) is 0.563. The van der Waals surface area contributed by atoms with Crippen molar-refractivity contribution in [1.29, 1.82) is 0 Å². The lowest BCUT2D eigenvalue weighted by atomic mass is 10.2. The Morgan fingerprint density at radius 2 is 1.91 bits per heavy atom. The maximum Gasteiger partial charge on any atom is 0.251 e. The van der Waals surface area contributed by atoms with Crippen molar-refractivity contribution < 1.29 is 14.3 Å². The Labute approximate surface area is 135 Å². The highest BCUT2D eigenvalue weighted by Gasteiger charge is 2.06. The third-order valence-corrected chi connectivity index (χ3v) is 3.05. The molecule has 1 amide bonds. The topological polar surface area (TPSA) is 72.5 Å². The zero-order chi connectivity index (χ0) is 16.3. The summed E-state index contributed by atoms with van der Waals surface area (Å²) < 4.78 is 10.6. The number of pyridine rings is 1. The predicted molar refractivity (Wildman–Crippen MR) is 87.8 cm³/mol. The molecule has 0 saturated heterocycles. The average Bonchev–Trinajstić information content (AvgIpc) is 2.59. The highest BCUT2D eigenvalue weighted by molar-refractivity contribution is 5.94. The van der Waals surface area contributed by atoms with Crippen LogP contribution in [0.4, 0.5) is 0 Å². The fraction of sp³-hybridized carbons (Fsp3) is 0.294. The monoisotopic (exact) mass is 315 g/mol. The highest BCUT2D eigenvalue weighted by Crippen LogP contribution is 2.21. The second-order valence-electron chi connectivity index (χ2n) is 4.81. The minimum absolute atomic E-state index is 0.126. The molecule has 0 radical (unpaired) electrons. The van der Waals surface area contributed by atoms with E-state index in [-0.39, 0.29) is 5.91 Å². The van der Waals surface area contributed by atoms with Gasteiger partial charge in [0.15, 0.2) is 0 Å². The van der Waals surface area contributed by atoms with Crippen LogP contribution in [0.3, 0.4) is 0 Å². The van der Waals surface area contributed by atoms with E-state index in [1.807, 2.05) is 6.07 Å². The number of amides is 1. The van der Waals surface area contributed by atoms with Crippen molar-refractivity contribution in [2.45, 2.75) is 0 Å². The van der Waals surface area contributed by atoms with Crippen LogP contribution in [0.15, 0.2) is 48.8 Å². The molecule has 0 fully saturated rings. The molecule has 6 nitrogen and oxygen atoms in total. The molecule has 23 heavy (non-hydrogen) atoms. The number of carbonyl (C=O) groups is 1. The Balaban J connectivity index is 1.83. The SMILES string of the molecule is COCCNCCNC(=O)c1cccc(Oc2ccncc2)c1. The third kappa shape index (κ3) is 6.06. The summed E-state index contributed by atoms with van der Waals surface area (Å²) in [4.78, 5) is 16.0. The molecule has 0 bridgehead atoms. The van der Waals surface area contributed by atoms with Gasteiger partial charge >= 0.3 is 0 Å². The van der Waals surface area contributed by atoms with E-state index in [0.29, 0.717) is 36.8 Å². The molecule has 0 spiro atoms. The predicted octanol–water partition coefficient (Wildman–Crippen LogP) is 1.84. The molecule has 2 N–H and O–H groups in total. The number of benzene rings is 1. The molecule has 2 rings (SSSR count). The molecular weight excluding hydrogens is 294 g/mol. The maximum atomic E-state index is 12.1. The standard InChI is InChI=1S/C17H21N3O3/c1-22-12-11-19-9-10-20-17(21)14-3-2-4-16(13-14)23-15-5-7-18-8-6-15/h2-8,13,19H,9-12H2,1H3,(H,20,21). The first-order chi connectivity index (χ1) is 11.3. The van der Waals surface area contributed by atoms with Crippen LogP contribution in [-0.2, 0) is 4.74 Å². The summed E-state index contributed by atoms with van der Waals surface area (Å²) in [6, 6.07) is 10.6. The molecule has 2 aromatic rings. The van der Waals surface area contributed by atoms with Crippen molar-refractivity contribution in [2.75, 3.05) is 33.4 Å². The molecule has 0 aliphatic rings. The fourth-order valence-electron chi connectivity index (χ4n) is 1.91. The lowest BCUT2D eigenvalue weighted by molar-refractivity contribution is 0.0953. The van der Waals surface area contributed by atoms with Gasteiger partial charge in [-0.3, -0.25) is 9.78 Å². The quantitative estimate of drug-likeness (QED) is 0.691. The van der Waals surface area contributed by atoms with Crippen LogP contribution in [-0.4, -0.2) is 44.2 Å². The van der Waals surface area contributed by atoms with E-state index in [1.54, 1.807) is 49.8 Å². The zero-order valence-corrected chi connectivity index (χ0v) is 13.1. The number of aromatic nitrogens is 1. The normalized spacial score (nSPS) is 10.3. The lowest BCUT2D eigenvalue weighted by Crippen LogP contribution is -2.33. The molecular formula is C17H21N3O3. The first-order valence-corrected chi connectivity index (χ1v) is 7.45. The Bertz CT molecular complexity index is 605. The van der Waals surface area contributed by atoms with E-state index >= 15 is 0 Å². The van der Waals surface area contributed by atoms with Crippen LogP contribution in [0.5, 0.6) is 11.5 Å². The van der Waals surface area contributed by atoms with Gasteiger partial charge in [0.25, 0.3) is 5.91 Å². The molecule has 0 atom stereocenters. The highest BCUT2D eigenvalue weighted by atomic mass is 16.5. The van der Waals surface area contributed by atoms with Crippen LogP contribution in [0, 0.1) is 0 Å². The van der Waals surface area contributed by atoms with E-state index in [9.17, 15) is 4.79 Å². The second kappa shape index (κ2) is 9.55. The number of hydrogen-bond donors (Lipinski definition) is 2. The minimum Gasteiger partial charge on any atom is -0.457 e. The van der Waals surface area contributed by atoms with Crippen LogP contribution in [0.1, 0.15) is 10.4 Å². The van der Waals surface area contributed by atoms with Crippen molar-refractivity contribution in [3.63, 3.8) is 0 Å². The van der Waals surface area contributed by atoms with Gasteiger partial charge in [0.2, 0.25) is 0 Å². The van der Waals surface area contributed by atoms with Crippen LogP contribution >= 0.6 is 0 Å². The Hall–Kier alpha value is -2.44. The number of methoxy groups -OCH3 is 1. The van der Waals surface area contributed by atoms with Gasteiger partial charge in [-0.25, -0.2) is 0 Å². The van der Waals surface area contributed by atoms with Crippen LogP contribution < -0.4 is 15.4 Å². The summed E-state index contributed by atoms with van der Waals surface area (Å²) in [6.07, 6.45) is 3.31. The zero-order valence-electron chi connectivity index (χ0n) is 13.1. The lowest BCUT2D eigenvalue weighted by Gasteiger charge is -2.09. The Morgan fingerprint density at radius 1 is 1.09 bits per heavy atom. The molecule has 122 valence electrons. The molecule has 0 saturated carbocycles. The van der Waals surface area contributed by atoms with Crippen molar-refractivity contribution in [2.24, 2.45) is 0 Å². The van der Waals surface area contributed by atoms with Gasteiger partial charge < -0.3 is 20.1 Å². The van der Waals surface area contributed by atoms with Gasteiger partial charge in [0, 0.05) is 44.7 Å². The number of carbonyl (C=O) groups excluding carboxylic acids is 1. The van der Waals surface area contributed by atoms with E-state index < -0.39 is 0 Å². The van der Waals surface area contributed by atoms with E-state index in [1.165, 1.54) is 0 Å². The first-order valence-electron chi connectivity index (χ1n) is 7.45. The molecule has 1 heterocycles. The summed E-state index contributed by atoms with van der Waals surface area (Å²) in [7, 11) is 1.66. The Morgan fingerprint density at radius 3 is 2.70 bits per heavy atom. The van der Waals surface area contributed by atoms with Crippen molar-refractivity contribution in [1.82, 2.24) is 15.6 Å². The van der Waals surface area contributed by atoms with Crippen LogP contribution in [0.25, 0.3) is 0 Å². The number of rotatable bonds is 9. The van der Waals surface area contributed by atoms with E-state index in [0.717, 1.165) is 6.54 Å². The maximum absolute atomic E-state index is 12.1. The van der Waals surface area contributed by atoms with Crippen LogP contribution in [0.2, 0.25) is 0 Å². The summed E-state index contributed by atoms with van der Waals surface area (Å²) in [6.45, 7) is 2.67. The van der Waals surface area contributed by atoms with E-state index in [4.69, 9.17) is 9.47 Å². The largest absolute Gasteiger partial charge is 0.457 e. The second-order valence-corrected chi connectivity index (χ2v) is 4.81. The number of ether oxygens (including phenoxy) is 2. The first kappa shape index (κ1) is 16.9. The molecule has 1 aromatic heterocycles. The van der Waals surface area contributed by atoms with Gasteiger partial charge in [-0.1, -0.05) is 6.07 Å². The molecule has 6 heteroatoms. The van der Waals surface area contributed by atoms with Crippen molar-refractivity contribution in [3.05, 3.63) is 54.4 Å². The fourth-order valence-corrected chi connectivity index (χ4v) is 1.91. The van der Waals surface area contributed by atoms with Gasteiger partial charge in [0.1, 0.15) is 11.5 Å². The average molecular weight is 315 g/mol. The van der Waals surface area contributed by atoms with Crippen molar-refractivity contribution >= 4 is 5.91 Å². The Kier molecular flexibility index (Phi) is 7.03. The molecule has 0 aliphatic carbocycles. The van der Waals surface area contributed by atoms with E-state index in [2.05, 4.69) is 15.6 Å². The summed E-state index contributed by atoms with van der Waals surface area (Å²) in [5, 5.41) is 6.03. The smallest absolute Gasteiger partial charge is 0.251 e. The summed E-state index contributed by atoms with van der Waals surface area (Å²) in [5.74, 6) is 1.17. The van der Waals surface area contributed by atoms with Gasteiger partial charge in [-0.2, -0.15) is 0 Å². The molecule has 0 unspecified atom stereocenters.